The van der Waals surface area contributed by atoms with Gasteiger partial charge < -0.3 is 10.1 Å². The lowest BCUT2D eigenvalue weighted by molar-refractivity contribution is 0.0965. The zero-order chi connectivity index (χ0) is 15.7. The van der Waals surface area contributed by atoms with E-state index < -0.39 is 10.0 Å². The minimum absolute atomic E-state index is 0.0547. The van der Waals surface area contributed by atoms with E-state index in [-0.39, 0.29) is 10.8 Å². The van der Waals surface area contributed by atoms with E-state index in [1.807, 2.05) is 0 Å². The molecular formula is C15H14N2O4S. The summed E-state index contributed by atoms with van der Waals surface area (Å²) in [5, 5.41) is 2.66. The Balaban J connectivity index is 1.89. The first kappa shape index (κ1) is 14.4. The van der Waals surface area contributed by atoms with E-state index in [0.717, 1.165) is 5.56 Å². The van der Waals surface area contributed by atoms with Gasteiger partial charge in [-0.05, 0) is 42.0 Å². The lowest BCUT2D eigenvalue weighted by Gasteiger charge is -2.09. The van der Waals surface area contributed by atoms with Gasteiger partial charge in [-0.25, -0.2) is 8.42 Å². The van der Waals surface area contributed by atoms with Gasteiger partial charge in [-0.2, -0.15) is 0 Å². The van der Waals surface area contributed by atoms with Crippen LogP contribution in [0.2, 0.25) is 0 Å². The predicted molar refractivity (Wildman–Crippen MR) is 81.4 cm³/mol. The maximum Gasteiger partial charge on any atom is 0.261 e. The molecule has 0 fully saturated rings. The highest BCUT2D eigenvalue weighted by atomic mass is 32.2. The van der Waals surface area contributed by atoms with Gasteiger partial charge in [0.05, 0.1) is 12.0 Å². The zero-order valence-electron chi connectivity index (χ0n) is 11.8. The molecule has 6 nitrogen and oxygen atoms in total. The number of carbonyl (C=O) groups is 1. The molecule has 22 heavy (non-hydrogen) atoms. The third-order valence-electron chi connectivity index (χ3n) is 3.42. The van der Waals surface area contributed by atoms with Crippen molar-refractivity contribution in [3.05, 3.63) is 53.6 Å². The topological polar surface area (TPSA) is 84.5 Å². The SMILES string of the molecule is COc1ccc(NS(=O)(=O)c2ccc3c(c2)C(=O)NC3)cc1. The average Bonchev–Trinajstić information content (AvgIpc) is 2.89. The number of fused-ring (bicyclic) bond motifs is 1. The fourth-order valence-corrected chi connectivity index (χ4v) is 3.32. The summed E-state index contributed by atoms with van der Waals surface area (Å²) in [6, 6.07) is 11.1. The molecule has 0 aliphatic carbocycles. The summed E-state index contributed by atoms with van der Waals surface area (Å²) in [4.78, 5) is 11.7. The van der Waals surface area contributed by atoms with Crippen LogP contribution >= 0.6 is 0 Å². The maximum absolute atomic E-state index is 12.4. The molecule has 2 aromatic rings. The molecule has 1 amide bonds. The van der Waals surface area contributed by atoms with Crippen molar-refractivity contribution >= 4 is 21.6 Å². The number of ether oxygens (including phenoxy) is 1. The van der Waals surface area contributed by atoms with E-state index >= 15 is 0 Å². The lowest BCUT2D eigenvalue weighted by Crippen LogP contribution is -2.15. The Hall–Kier alpha value is -2.54. The normalized spacial score (nSPS) is 13.4. The minimum Gasteiger partial charge on any atom is -0.497 e. The van der Waals surface area contributed by atoms with Crippen molar-refractivity contribution in [3.63, 3.8) is 0 Å². The molecule has 0 bridgehead atoms. The maximum atomic E-state index is 12.4. The molecule has 0 radical (unpaired) electrons. The summed E-state index contributed by atoms with van der Waals surface area (Å²) < 4.78 is 32.3. The quantitative estimate of drug-likeness (QED) is 0.899. The molecule has 7 heteroatoms. The van der Waals surface area contributed by atoms with Gasteiger partial charge in [0.25, 0.3) is 15.9 Å². The largest absolute Gasteiger partial charge is 0.497 e. The molecule has 114 valence electrons. The van der Waals surface area contributed by atoms with Crippen LogP contribution in [0.5, 0.6) is 5.75 Å². The van der Waals surface area contributed by atoms with Crippen LogP contribution in [0.15, 0.2) is 47.4 Å². The van der Waals surface area contributed by atoms with Gasteiger partial charge in [0, 0.05) is 17.8 Å². The summed E-state index contributed by atoms with van der Waals surface area (Å²) >= 11 is 0. The summed E-state index contributed by atoms with van der Waals surface area (Å²) in [7, 11) is -2.21. The molecule has 0 unspecified atom stereocenters. The van der Waals surface area contributed by atoms with Crippen molar-refractivity contribution in [2.24, 2.45) is 0 Å². The first-order valence-corrected chi connectivity index (χ1v) is 8.06. The Labute approximate surface area is 128 Å². The van der Waals surface area contributed by atoms with Crippen LogP contribution in [0.1, 0.15) is 15.9 Å². The Bertz CT molecular complexity index is 829. The van der Waals surface area contributed by atoms with E-state index in [9.17, 15) is 13.2 Å². The summed E-state index contributed by atoms with van der Waals surface area (Å²) in [5.41, 5.74) is 1.62. The molecule has 0 aromatic heterocycles. The number of hydrogen-bond donors (Lipinski definition) is 2. The van der Waals surface area contributed by atoms with E-state index in [4.69, 9.17) is 4.74 Å². The molecule has 2 N–H and O–H groups in total. The molecule has 0 atom stereocenters. The summed E-state index contributed by atoms with van der Waals surface area (Å²) in [5.74, 6) is 0.383. The zero-order valence-corrected chi connectivity index (χ0v) is 12.6. The molecule has 1 aliphatic rings. The highest BCUT2D eigenvalue weighted by Gasteiger charge is 2.22. The fraction of sp³-hybridized carbons (Fsp3) is 0.133. The summed E-state index contributed by atoms with van der Waals surface area (Å²) in [6.07, 6.45) is 0. The minimum atomic E-state index is -3.75. The van der Waals surface area contributed by atoms with Crippen molar-refractivity contribution in [3.8, 4) is 5.75 Å². The molecule has 0 spiro atoms. The van der Waals surface area contributed by atoms with Crippen LogP contribution in [-0.4, -0.2) is 21.4 Å². The van der Waals surface area contributed by atoms with Crippen LogP contribution < -0.4 is 14.8 Å². The number of anilines is 1. The van der Waals surface area contributed by atoms with E-state index in [2.05, 4.69) is 10.0 Å². The van der Waals surface area contributed by atoms with Gasteiger partial charge in [-0.3, -0.25) is 9.52 Å². The number of amides is 1. The van der Waals surface area contributed by atoms with Crippen molar-refractivity contribution < 1.29 is 17.9 Å². The number of benzene rings is 2. The first-order chi connectivity index (χ1) is 10.5. The van der Waals surface area contributed by atoms with E-state index in [0.29, 0.717) is 23.5 Å². The monoisotopic (exact) mass is 318 g/mol. The highest BCUT2D eigenvalue weighted by Crippen LogP contribution is 2.23. The van der Waals surface area contributed by atoms with Crippen molar-refractivity contribution in [1.29, 1.82) is 0 Å². The first-order valence-electron chi connectivity index (χ1n) is 6.57. The average molecular weight is 318 g/mol. The van der Waals surface area contributed by atoms with Gasteiger partial charge in [0.15, 0.2) is 0 Å². The number of carbonyl (C=O) groups excluding carboxylic acids is 1. The van der Waals surface area contributed by atoms with Gasteiger partial charge in [-0.15, -0.1) is 0 Å². The van der Waals surface area contributed by atoms with Crippen molar-refractivity contribution in [2.45, 2.75) is 11.4 Å². The summed E-state index contributed by atoms with van der Waals surface area (Å²) in [6.45, 7) is 0.431. The predicted octanol–water partition coefficient (Wildman–Crippen LogP) is 1.74. The lowest BCUT2D eigenvalue weighted by atomic mass is 10.1. The van der Waals surface area contributed by atoms with Gasteiger partial charge in [-0.1, -0.05) is 6.07 Å². The Morgan fingerprint density at radius 1 is 1.14 bits per heavy atom. The van der Waals surface area contributed by atoms with Crippen molar-refractivity contribution in [2.75, 3.05) is 11.8 Å². The second kappa shape index (κ2) is 5.34. The number of hydrogen-bond acceptors (Lipinski definition) is 4. The van der Waals surface area contributed by atoms with Crippen LogP contribution in [0.25, 0.3) is 0 Å². The smallest absolute Gasteiger partial charge is 0.261 e. The number of methoxy groups -OCH3 is 1. The Kier molecular flexibility index (Phi) is 3.50. The Morgan fingerprint density at radius 3 is 2.55 bits per heavy atom. The van der Waals surface area contributed by atoms with Crippen LogP contribution in [-0.2, 0) is 16.6 Å². The molecule has 2 aromatic carbocycles. The third kappa shape index (κ3) is 2.62. The number of sulfonamides is 1. The molecule has 0 saturated carbocycles. The van der Waals surface area contributed by atoms with Crippen LogP contribution in [0, 0.1) is 0 Å². The molecule has 3 rings (SSSR count). The van der Waals surface area contributed by atoms with E-state index in [1.165, 1.54) is 19.2 Å². The number of nitrogens with one attached hydrogen (secondary N) is 2. The third-order valence-corrected chi connectivity index (χ3v) is 4.80. The highest BCUT2D eigenvalue weighted by molar-refractivity contribution is 7.92. The van der Waals surface area contributed by atoms with Crippen molar-refractivity contribution in [1.82, 2.24) is 5.32 Å². The van der Waals surface area contributed by atoms with Crippen LogP contribution in [0.3, 0.4) is 0 Å². The molecule has 0 saturated heterocycles. The second-order valence-corrected chi connectivity index (χ2v) is 6.52. The molecule has 1 heterocycles. The second-order valence-electron chi connectivity index (χ2n) is 4.84. The van der Waals surface area contributed by atoms with Gasteiger partial charge >= 0.3 is 0 Å². The van der Waals surface area contributed by atoms with Crippen LogP contribution in [0.4, 0.5) is 5.69 Å². The number of rotatable bonds is 4. The fourth-order valence-electron chi connectivity index (χ4n) is 2.23. The van der Waals surface area contributed by atoms with Gasteiger partial charge in [0.2, 0.25) is 0 Å². The Morgan fingerprint density at radius 2 is 1.86 bits per heavy atom. The van der Waals surface area contributed by atoms with Gasteiger partial charge in [0.1, 0.15) is 5.75 Å². The molecule has 1 aliphatic heterocycles. The standard InChI is InChI=1S/C15H14N2O4S/c1-21-12-5-3-11(4-6-12)17-22(19,20)13-7-2-10-9-16-15(18)14(10)8-13/h2-8,17H,9H2,1H3,(H,16,18). The van der Waals surface area contributed by atoms with E-state index in [1.54, 1.807) is 30.3 Å². The molecular weight excluding hydrogens is 304 g/mol.